The third-order valence-corrected chi connectivity index (χ3v) is 7.49. The molecule has 0 bridgehead atoms. The Labute approximate surface area is 182 Å². The number of aliphatic hydroxyl groups is 2. The topological polar surface area (TPSA) is 94.8 Å². The van der Waals surface area contributed by atoms with Crippen LogP contribution in [0.5, 0.6) is 0 Å². The van der Waals surface area contributed by atoms with Gasteiger partial charge in [-0.25, -0.2) is 4.39 Å². The molecular weight excluding hydrogens is 407 g/mol. The van der Waals surface area contributed by atoms with Crippen molar-refractivity contribution in [3.05, 3.63) is 35.6 Å². The molecule has 0 amide bonds. The molecule has 30 heavy (non-hydrogen) atoms. The summed E-state index contributed by atoms with van der Waals surface area (Å²) in [5.74, 6) is -1.00. The molecule has 0 spiro atoms. The molecule has 1 aromatic rings. The Kier molecular flexibility index (Phi) is 9.78. The highest BCUT2D eigenvalue weighted by Crippen LogP contribution is 2.40. The van der Waals surface area contributed by atoms with E-state index < -0.39 is 17.7 Å². The number of halogens is 1. The van der Waals surface area contributed by atoms with Crippen LogP contribution in [0.4, 0.5) is 4.39 Å². The third kappa shape index (κ3) is 7.06. The van der Waals surface area contributed by atoms with E-state index in [-0.39, 0.29) is 35.6 Å². The molecular formula is C23H33FO5S. The lowest BCUT2D eigenvalue weighted by molar-refractivity contribution is -0.137. The number of aliphatic hydroxyl groups excluding tert-OH is 1. The van der Waals surface area contributed by atoms with E-state index in [4.69, 9.17) is 5.11 Å². The molecule has 4 atom stereocenters. The first-order chi connectivity index (χ1) is 14.3. The van der Waals surface area contributed by atoms with Crippen molar-refractivity contribution in [2.45, 2.75) is 81.7 Å². The van der Waals surface area contributed by atoms with Crippen molar-refractivity contribution < 1.29 is 29.3 Å². The van der Waals surface area contributed by atoms with Crippen LogP contribution in [0.25, 0.3) is 0 Å². The zero-order chi connectivity index (χ0) is 22.1. The lowest BCUT2D eigenvalue weighted by Crippen LogP contribution is -2.32. The maximum atomic E-state index is 13.3. The molecule has 1 aliphatic rings. The Morgan fingerprint density at radius 2 is 1.87 bits per heavy atom. The minimum atomic E-state index is -1.14. The monoisotopic (exact) mass is 440 g/mol. The molecule has 1 aromatic carbocycles. The normalized spacial score (nSPS) is 23.5. The SMILES string of the molecule is CCCC(O)(CS[C@H]1C(O)CC(=O)[C@@H]1CCCCCCC(=O)O)c1ccc(F)cc1. The molecule has 0 radical (unpaired) electrons. The first-order valence-electron chi connectivity index (χ1n) is 10.8. The Morgan fingerprint density at radius 3 is 2.50 bits per heavy atom. The van der Waals surface area contributed by atoms with Crippen LogP contribution in [0, 0.1) is 11.7 Å². The van der Waals surface area contributed by atoms with Crippen LogP contribution >= 0.6 is 11.8 Å². The number of ketones is 1. The Bertz CT molecular complexity index is 695. The van der Waals surface area contributed by atoms with Crippen LogP contribution in [0.2, 0.25) is 0 Å². The zero-order valence-electron chi connectivity index (χ0n) is 17.6. The molecule has 0 heterocycles. The number of carboxylic acids is 1. The summed E-state index contributed by atoms with van der Waals surface area (Å²) in [5.41, 5.74) is -0.494. The van der Waals surface area contributed by atoms with Crippen LogP contribution in [-0.4, -0.2) is 44.2 Å². The number of thioether (sulfide) groups is 1. The van der Waals surface area contributed by atoms with Crippen LogP contribution in [0.3, 0.4) is 0 Å². The van der Waals surface area contributed by atoms with Crippen molar-refractivity contribution in [1.29, 1.82) is 0 Å². The Balaban J connectivity index is 1.94. The first-order valence-corrected chi connectivity index (χ1v) is 11.8. The fourth-order valence-corrected chi connectivity index (χ4v) is 5.80. The van der Waals surface area contributed by atoms with E-state index in [1.807, 2.05) is 6.92 Å². The minimum absolute atomic E-state index is 0.0614. The Morgan fingerprint density at radius 1 is 1.20 bits per heavy atom. The van der Waals surface area contributed by atoms with E-state index in [1.54, 1.807) is 12.1 Å². The van der Waals surface area contributed by atoms with Crippen LogP contribution in [0.1, 0.15) is 70.3 Å². The fourth-order valence-electron chi connectivity index (χ4n) is 4.18. The summed E-state index contributed by atoms with van der Waals surface area (Å²) in [6, 6.07) is 5.86. The lowest BCUT2D eigenvalue weighted by atomic mass is 9.91. The van der Waals surface area contributed by atoms with Gasteiger partial charge in [0.1, 0.15) is 11.6 Å². The van der Waals surface area contributed by atoms with Gasteiger partial charge in [-0.2, -0.15) is 11.8 Å². The predicted octanol–water partition coefficient (Wildman–Crippen LogP) is 4.29. The summed E-state index contributed by atoms with van der Waals surface area (Å²) in [4.78, 5) is 23.0. The second-order valence-corrected chi connectivity index (χ2v) is 9.42. The maximum Gasteiger partial charge on any atom is 0.303 e. The van der Waals surface area contributed by atoms with E-state index in [0.29, 0.717) is 30.6 Å². The first kappa shape index (κ1) is 24.8. The summed E-state index contributed by atoms with van der Waals surface area (Å²) in [6.45, 7) is 1.97. The third-order valence-electron chi connectivity index (χ3n) is 5.82. The number of carbonyl (C=O) groups is 2. The summed E-state index contributed by atoms with van der Waals surface area (Å²) in [5, 5.41) is 30.1. The highest BCUT2D eigenvalue weighted by atomic mass is 32.2. The Hall–Kier alpha value is -1.44. The van der Waals surface area contributed by atoms with Gasteiger partial charge in [-0.05, 0) is 37.0 Å². The molecule has 2 rings (SSSR count). The summed E-state index contributed by atoms with van der Waals surface area (Å²) < 4.78 is 13.3. The molecule has 5 nitrogen and oxygen atoms in total. The average Bonchev–Trinajstić information content (AvgIpc) is 2.96. The summed E-state index contributed by atoms with van der Waals surface area (Å²) in [6.07, 6.45) is 4.64. The van der Waals surface area contributed by atoms with E-state index in [9.17, 15) is 24.2 Å². The van der Waals surface area contributed by atoms with Crippen molar-refractivity contribution in [2.24, 2.45) is 5.92 Å². The molecule has 7 heteroatoms. The van der Waals surface area contributed by atoms with E-state index in [1.165, 1.54) is 23.9 Å². The number of hydrogen-bond acceptors (Lipinski definition) is 5. The molecule has 0 saturated heterocycles. The van der Waals surface area contributed by atoms with Gasteiger partial charge < -0.3 is 15.3 Å². The maximum absolute atomic E-state index is 13.3. The molecule has 2 unspecified atom stereocenters. The van der Waals surface area contributed by atoms with Crippen molar-refractivity contribution in [3.8, 4) is 0 Å². The average molecular weight is 441 g/mol. The molecule has 1 saturated carbocycles. The van der Waals surface area contributed by atoms with Gasteiger partial charge in [0.15, 0.2) is 0 Å². The quantitative estimate of drug-likeness (QED) is 0.396. The number of carbonyl (C=O) groups excluding carboxylic acids is 1. The van der Waals surface area contributed by atoms with E-state index >= 15 is 0 Å². The number of unbranched alkanes of at least 4 members (excludes halogenated alkanes) is 3. The minimum Gasteiger partial charge on any atom is -0.481 e. The number of rotatable bonds is 13. The van der Waals surface area contributed by atoms with E-state index in [2.05, 4.69) is 0 Å². The van der Waals surface area contributed by atoms with Gasteiger partial charge in [-0.3, -0.25) is 9.59 Å². The molecule has 0 aliphatic heterocycles. The van der Waals surface area contributed by atoms with Gasteiger partial charge in [0.05, 0.1) is 11.7 Å². The second-order valence-electron chi connectivity index (χ2n) is 8.26. The predicted molar refractivity (Wildman–Crippen MR) is 116 cm³/mol. The molecule has 0 aromatic heterocycles. The number of hydrogen-bond donors (Lipinski definition) is 3. The highest BCUT2D eigenvalue weighted by Gasteiger charge is 2.43. The number of benzene rings is 1. The standard InChI is InChI=1S/C23H33FO5S/c1-2-13-23(29,16-9-11-17(24)12-10-16)15-30-22-18(19(25)14-20(22)26)7-5-3-4-6-8-21(27)28/h9-12,18,20,22,26,29H,2-8,13-15H2,1H3,(H,27,28)/t18-,20?,22+,23?/m0/s1. The molecule has 3 N–H and O–H groups in total. The van der Waals surface area contributed by atoms with Gasteiger partial charge in [0, 0.05) is 29.8 Å². The smallest absolute Gasteiger partial charge is 0.303 e. The fraction of sp³-hybridized carbons (Fsp3) is 0.652. The zero-order valence-corrected chi connectivity index (χ0v) is 18.4. The largest absolute Gasteiger partial charge is 0.481 e. The molecule has 1 fully saturated rings. The van der Waals surface area contributed by atoms with Crippen molar-refractivity contribution in [1.82, 2.24) is 0 Å². The summed E-state index contributed by atoms with van der Waals surface area (Å²) in [7, 11) is 0. The van der Waals surface area contributed by atoms with Crippen LogP contribution < -0.4 is 0 Å². The molecule has 168 valence electrons. The van der Waals surface area contributed by atoms with Crippen LogP contribution in [0.15, 0.2) is 24.3 Å². The van der Waals surface area contributed by atoms with Gasteiger partial charge in [0.25, 0.3) is 0 Å². The number of Topliss-reactive ketones (excluding diaryl/α,β-unsaturated/α-hetero) is 1. The lowest BCUT2D eigenvalue weighted by Gasteiger charge is -2.31. The number of carboxylic acid groups (broad SMARTS) is 1. The van der Waals surface area contributed by atoms with Gasteiger partial charge in [-0.15, -0.1) is 0 Å². The van der Waals surface area contributed by atoms with Gasteiger partial charge in [-0.1, -0.05) is 44.7 Å². The van der Waals surface area contributed by atoms with Crippen molar-refractivity contribution in [2.75, 3.05) is 5.75 Å². The highest BCUT2D eigenvalue weighted by molar-refractivity contribution is 8.00. The van der Waals surface area contributed by atoms with E-state index in [0.717, 1.165) is 25.7 Å². The van der Waals surface area contributed by atoms with Crippen molar-refractivity contribution >= 4 is 23.5 Å². The number of aliphatic carboxylic acids is 1. The van der Waals surface area contributed by atoms with Gasteiger partial charge >= 0.3 is 5.97 Å². The van der Waals surface area contributed by atoms with Gasteiger partial charge in [0.2, 0.25) is 0 Å². The van der Waals surface area contributed by atoms with Crippen LogP contribution in [-0.2, 0) is 15.2 Å². The summed E-state index contributed by atoms with van der Waals surface area (Å²) >= 11 is 1.43. The molecule has 1 aliphatic carbocycles. The second kappa shape index (κ2) is 11.8. The van der Waals surface area contributed by atoms with Crippen molar-refractivity contribution in [3.63, 3.8) is 0 Å².